The van der Waals surface area contributed by atoms with E-state index >= 15 is 0 Å². The first-order valence-corrected chi connectivity index (χ1v) is 11.1. The largest absolute Gasteiger partial charge is 0.351 e. The Kier molecular flexibility index (Phi) is 6.03. The fourth-order valence-electron chi connectivity index (χ4n) is 2.94. The van der Waals surface area contributed by atoms with Crippen LogP contribution in [-0.4, -0.2) is 29.6 Å². The molecule has 3 rings (SSSR count). The van der Waals surface area contributed by atoms with E-state index < -0.39 is 10.0 Å². The molecule has 7 nitrogen and oxygen atoms in total. The second-order valence-electron chi connectivity index (χ2n) is 7.95. The minimum Gasteiger partial charge on any atom is -0.351 e. The lowest BCUT2D eigenvalue weighted by Gasteiger charge is -2.20. The van der Waals surface area contributed by atoms with Crippen LogP contribution in [0.15, 0.2) is 59.5 Å². The number of benzene rings is 2. The molecule has 1 heterocycles. The summed E-state index contributed by atoms with van der Waals surface area (Å²) >= 11 is 6.01. The van der Waals surface area contributed by atoms with E-state index in [0.29, 0.717) is 16.4 Å². The minimum absolute atomic E-state index is 0.0104. The van der Waals surface area contributed by atoms with Gasteiger partial charge in [-0.25, -0.2) is 18.2 Å². The Balaban J connectivity index is 2.02. The zero-order valence-electron chi connectivity index (χ0n) is 16.9. The Morgan fingerprint density at radius 1 is 1.10 bits per heavy atom. The summed E-state index contributed by atoms with van der Waals surface area (Å²) < 4.78 is 24.7. The molecule has 3 N–H and O–H groups in total. The van der Waals surface area contributed by atoms with Gasteiger partial charge in [0, 0.05) is 16.1 Å². The number of hydrogen-bond acceptors (Lipinski definition) is 4. The summed E-state index contributed by atoms with van der Waals surface area (Å²) in [6.07, 6.45) is 0.111. The van der Waals surface area contributed by atoms with Crippen LogP contribution >= 0.6 is 11.6 Å². The summed E-state index contributed by atoms with van der Waals surface area (Å²) in [4.78, 5) is 12.4. The highest BCUT2D eigenvalue weighted by Gasteiger charge is 2.18. The van der Waals surface area contributed by atoms with Gasteiger partial charge in [-0.1, -0.05) is 23.7 Å². The fraction of sp³-hybridized carbons (Fsp3) is 0.238. The zero-order valence-corrected chi connectivity index (χ0v) is 18.5. The van der Waals surface area contributed by atoms with E-state index in [1.165, 1.54) is 12.1 Å². The lowest BCUT2D eigenvalue weighted by atomic mass is 10.1. The highest BCUT2D eigenvalue weighted by molar-refractivity contribution is 7.89. The van der Waals surface area contributed by atoms with Crippen LogP contribution in [0.2, 0.25) is 5.02 Å². The van der Waals surface area contributed by atoms with Crippen molar-refractivity contribution in [2.24, 2.45) is 5.14 Å². The van der Waals surface area contributed by atoms with Crippen molar-refractivity contribution in [1.82, 2.24) is 15.1 Å². The van der Waals surface area contributed by atoms with E-state index in [4.69, 9.17) is 16.7 Å². The molecule has 0 radical (unpaired) electrons. The van der Waals surface area contributed by atoms with Crippen molar-refractivity contribution in [3.05, 3.63) is 65.3 Å². The lowest BCUT2D eigenvalue weighted by molar-refractivity contribution is -0.121. The number of nitrogens with two attached hydrogens (primary N) is 1. The summed E-state index contributed by atoms with van der Waals surface area (Å²) in [5.74, 6) is -0.139. The molecule has 0 bridgehead atoms. The maximum absolute atomic E-state index is 12.4. The summed E-state index contributed by atoms with van der Waals surface area (Å²) in [5, 5.41) is 13.3. The third kappa shape index (κ3) is 5.47. The Bertz CT molecular complexity index is 1160. The number of primary sulfonamides is 1. The summed E-state index contributed by atoms with van der Waals surface area (Å²) in [6.45, 7) is 5.74. The maximum atomic E-state index is 12.4. The number of hydrogen-bond donors (Lipinski definition) is 2. The van der Waals surface area contributed by atoms with Gasteiger partial charge in [0.05, 0.1) is 28.4 Å². The van der Waals surface area contributed by atoms with Crippen molar-refractivity contribution in [3.63, 3.8) is 0 Å². The predicted molar refractivity (Wildman–Crippen MR) is 117 cm³/mol. The lowest BCUT2D eigenvalue weighted by Crippen LogP contribution is -2.41. The molecule has 0 aliphatic heterocycles. The molecule has 0 fully saturated rings. The molecule has 0 spiro atoms. The van der Waals surface area contributed by atoms with Gasteiger partial charge in [-0.2, -0.15) is 5.10 Å². The average Bonchev–Trinajstić information content (AvgIpc) is 3.03. The molecule has 0 saturated carbocycles. The van der Waals surface area contributed by atoms with Crippen LogP contribution in [0.25, 0.3) is 16.9 Å². The number of halogens is 1. The van der Waals surface area contributed by atoms with Gasteiger partial charge in [0.1, 0.15) is 0 Å². The summed E-state index contributed by atoms with van der Waals surface area (Å²) in [7, 11) is -3.79. The number of carbonyl (C=O) groups excluding carboxylic acids is 1. The van der Waals surface area contributed by atoms with Gasteiger partial charge in [-0.05, 0) is 63.2 Å². The molecule has 1 aromatic heterocycles. The molecular weight excluding hydrogens is 424 g/mol. The predicted octanol–water partition coefficient (Wildman–Crippen LogP) is 3.30. The second-order valence-corrected chi connectivity index (χ2v) is 9.95. The molecule has 0 atom stereocenters. The number of sulfonamides is 1. The van der Waals surface area contributed by atoms with Crippen molar-refractivity contribution in [2.75, 3.05) is 0 Å². The molecule has 158 valence electrons. The number of aromatic nitrogens is 2. The van der Waals surface area contributed by atoms with Crippen LogP contribution in [0.5, 0.6) is 0 Å². The molecule has 30 heavy (non-hydrogen) atoms. The minimum atomic E-state index is -3.79. The Morgan fingerprint density at radius 3 is 2.23 bits per heavy atom. The quantitative estimate of drug-likeness (QED) is 0.626. The summed E-state index contributed by atoms with van der Waals surface area (Å²) in [5.41, 5.74) is 2.47. The molecule has 0 saturated heterocycles. The van der Waals surface area contributed by atoms with Crippen LogP contribution in [0, 0.1) is 0 Å². The van der Waals surface area contributed by atoms with E-state index in [1.807, 2.05) is 39.0 Å². The van der Waals surface area contributed by atoms with E-state index in [1.54, 1.807) is 28.9 Å². The van der Waals surface area contributed by atoms with Crippen molar-refractivity contribution >= 4 is 27.5 Å². The van der Waals surface area contributed by atoms with Gasteiger partial charge >= 0.3 is 0 Å². The van der Waals surface area contributed by atoms with Crippen LogP contribution in [-0.2, 0) is 21.2 Å². The smallest absolute Gasteiger partial charge is 0.238 e. The number of nitrogens with one attached hydrogen (secondary N) is 1. The van der Waals surface area contributed by atoms with Gasteiger partial charge in [-0.15, -0.1) is 0 Å². The molecule has 2 aromatic carbocycles. The van der Waals surface area contributed by atoms with Crippen molar-refractivity contribution in [2.45, 2.75) is 37.6 Å². The highest BCUT2D eigenvalue weighted by atomic mass is 35.5. The molecule has 3 aromatic rings. The fourth-order valence-corrected chi connectivity index (χ4v) is 3.59. The Morgan fingerprint density at radius 2 is 1.70 bits per heavy atom. The van der Waals surface area contributed by atoms with Gasteiger partial charge in [0.2, 0.25) is 15.9 Å². The third-order valence-electron chi connectivity index (χ3n) is 4.17. The first-order valence-electron chi connectivity index (χ1n) is 9.21. The monoisotopic (exact) mass is 446 g/mol. The Hall–Kier alpha value is -2.68. The normalized spacial score (nSPS) is 12.0. The van der Waals surface area contributed by atoms with Crippen molar-refractivity contribution < 1.29 is 13.2 Å². The number of amides is 1. The topological polar surface area (TPSA) is 107 Å². The zero-order chi connectivity index (χ0) is 22.1. The molecule has 0 unspecified atom stereocenters. The van der Waals surface area contributed by atoms with Crippen molar-refractivity contribution in [3.8, 4) is 16.9 Å². The van der Waals surface area contributed by atoms with E-state index in [-0.39, 0.29) is 22.8 Å². The highest BCUT2D eigenvalue weighted by Crippen LogP contribution is 2.26. The molecule has 1 amide bonds. The SMILES string of the molecule is CC(C)(C)NC(=O)Cc1cc(-c2ccc(Cl)cc2)n(-c2ccc(S(N)(=O)=O)cc2)n1. The van der Waals surface area contributed by atoms with E-state index in [2.05, 4.69) is 10.4 Å². The van der Waals surface area contributed by atoms with Gasteiger partial charge in [-0.3, -0.25) is 4.79 Å². The molecule has 0 aliphatic carbocycles. The van der Waals surface area contributed by atoms with E-state index in [9.17, 15) is 13.2 Å². The van der Waals surface area contributed by atoms with Crippen molar-refractivity contribution in [1.29, 1.82) is 0 Å². The van der Waals surface area contributed by atoms with Crippen LogP contribution < -0.4 is 10.5 Å². The molecular formula is C21H23ClN4O3S. The van der Waals surface area contributed by atoms with Crippen LogP contribution in [0.3, 0.4) is 0 Å². The number of rotatable bonds is 5. The summed E-state index contributed by atoms with van der Waals surface area (Å²) in [6, 6.07) is 15.2. The van der Waals surface area contributed by atoms with Gasteiger partial charge < -0.3 is 5.32 Å². The van der Waals surface area contributed by atoms with E-state index in [0.717, 1.165) is 11.3 Å². The first-order chi connectivity index (χ1) is 13.9. The Labute approximate surface area is 180 Å². The third-order valence-corrected chi connectivity index (χ3v) is 5.35. The molecule has 0 aliphatic rings. The molecule has 9 heteroatoms. The van der Waals surface area contributed by atoms with Gasteiger partial charge in [0.15, 0.2) is 0 Å². The second kappa shape index (κ2) is 8.22. The number of carbonyl (C=O) groups is 1. The number of nitrogens with zero attached hydrogens (tertiary/aromatic N) is 2. The maximum Gasteiger partial charge on any atom is 0.238 e. The van der Waals surface area contributed by atoms with Gasteiger partial charge in [0.25, 0.3) is 0 Å². The van der Waals surface area contributed by atoms with Crippen LogP contribution in [0.4, 0.5) is 0 Å². The van der Waals surface area contributed by atoms with Crippen LogP contribution in [0.1, 0.15) is 26.5 Å². The standard InChI is InChI=1S/C21H23ClN4O3S/c1-21(2,3)24-20(27)13-16-12-19(14-4-6-15(22)7-5-14)26(25-16)17-8-10-18(11-9-17)30(23,28)29/h4-12H,13H2,1-3H3,(H,24,27)(H2,23,28,29). The first kappa shape index (κ1) is 22.0. The average molecular weight is 447 g/mol.